The summed E-state index contributed by atoms with van der Waals surface area (Å²) in [5, 5.41) is 28.8. The van der Waals surface area contributed by atoms with Crippen LogP contribution in [0.1, 0.15) is 74.3 Å². The number of carbonyl (C=O) groups excluding carboxylic acids is 2. The van der Waals surface area contributed by atoms with E-state index in [1.165, 1.54) is 0 Å². The molecule has 2 unspecified atom stereocenters. The van der Waals surface area contributed by atoms with Gasteiger partial charge < -0.3 is 19.0 Å². The highest BCUT2D eigenvalue weighted by molar-refractivity contribution is 6.38. The number of aliphatic hydroxyl groups excluding tert-OH is 2. The SMILES string of the molecule is CCCC[n+]1c(C2C(=O)C(c3ccc4ccc5c(C6=C(O)C(c7oc8ccccc8[n+]7CCCC)C6=O)ccc6ccc3c4c65)=C2O)oc2ccccc21. The van der Waals surface area contributed by atoms with Crippen LogP contribution in [0.2, 0.25) is 0 Å². The summed E-state index contributed by atoms with van der Waals surface area (Å²) < 4.78 is 16.5. The van der Waals surface area contributed by atoms with E-state index in [-0.39, 0.29) is 23.1 Å². The molecular formula is C46H38N2O6+2. The lowest BCUT2D eigenvalue weighted by Crippen LogP contribution is -2.42. The highest BCUT2D eigenvalue weighted by Crippen LogP contribution is 2.49. The Labute approximate surface area is 310 Å². The van der Waals surface area contributed by atoms with Crippen LogP contribution in [0.5, 0.6) is 0 Å². The number of nitrogens with zero attached hydrogens (tertiary/aromatic N) is 2. The van der Waals surface area contributed by atoms with Gasteiger partial charge in [-0.2, -0.15) is 9.13 Å². The van der Waals surface area contributed by atoms with E-state index in [0.717, 1.165) is 69.0 Å². The first-order valence-corrected chi connectivity index (χ1v) is 18.9. The fourth-order valence-electron chi connectivity index (χ4n) is 8.79. The van der Waals surface area contributed by atoms with Crippen molar-refractivity contribution in [2.45, 2.75) is 64.5 Å². The standard InChI is InChI=1S/C46H36N2O6/c1-3-5-23-47-31-11-7-9-13-33(31)53-45(47)39-41(49)37(42(39)50)29-21-17-25-16-20-28-30(22-18-26-15-19-27(29)35(25)36(26)28)38-43(51)40(44(38)52)46-48(24-6-4-2)32-12-8-10-14-34(32)54-46/h7-22,39-40H,3-6,23-24H2,1-2H3/p+2. The van der Waals surface area contributed by atoms with Crippen molar-refractivity contribution in [3.05, 3.63) is 131 Å². The fourth-order valence-corrected chi connectivity index (χ4v) is 8.79. The molecule has 8 nitrogen and oxygen atoms in total. The lowest BCUT2D eigenvalue weighted by atomic mass is 9.75. The van der Waals surface area contributed by atoms with E-state index in [1.54, 1.807) is 0 Å². The molecule has 0 fully saturated rings. The summed E-state index contributed by atoms with van der Waals surface area (Å²) in [6.07, 6.45) is 3.79. The number of Topliss-reactive ketones (excluding diaryl/α,β-unsaturated/α-hetero) is 2. The van der Waals surface area contributed by atoms with Crippen molar-refractivity contribution in [2.24, 2.45) is 0 Å². The van der Waals surface area contributed by atoms with Gasteiger partial charge in [0.05, 0.1) is 11.1 Å². The van der Waals surface area contributed by atoms with E-state index in [4.69, 9.17) is 8.83 Å². The summed E-state index contributed by atoms with van der Waals surface area (Å²) >= 11 is 0. The zero-order valence-electron chi connectivity index (χ0n) is 30.1. The van der Waals surface area contributed by atoms with Crippen molar-refractivity contribution in [2.75, 3.05) is 0 Å². The van der Waals surface area contributed by atoms with Gasteiger partial charge in [0.2, 0.25) is 23.0 Å². The van der Waals surface area contributed by atoms with Gasteiger partial charge >= 0.3 is 11.8 Å². The van der Waals surface area contributed by atoms with Gasteiger partial charge in [0.1, 0.15) is 11.5 Å². The zero-order chi connectivity index (χ0) is 36.8. The number of fused-ring (bicyclic) bond motifs is 2. The number of aryl methyl sites for hydroxylation is 2. The molecule has 8 aromatic rings. The summed E-state index contributed by atoms with van der Waals surface area (Å²) in [5.41, 5.74) is 5.06. The van der Waals surface area contributed by atoms with Crippen LogP contribution in [-0.4, -0.2) is 21.8 Å². The number of unbranched alkanes of at least 4 members (excludes halogenated alkanes) is 2. The molecule has 54 heavy (non-hydrogen) atoms. The van der Waals surface area contributed by atoms with Gasteiger partial charge in [0, 0.05) is 25.0 Å². The number of aromatic nitrogens is 2. The van der Waals surface area contributed by atoms with Crippen LogP contribution in [0, 0.1) is 0 Å². The number of rotatable bonds is 10. The van der Waals surface area contributed by atoms with Crippen molar-refractivity contribution in [3.8, 4) is 0 Å². The average Bonchev–Trinajstić information content (AvgIpc) is 3.73. The first-order chi connectivity index (χ1) is 26.4. The number of oxazole rings is 2. The van der Waals surface area contributed by atoms with Crippen molar-refractivity contribution >= 4 is 77.2 Å². The topological polar surface area (TPSA) is 109 Å². The van der Waals surface area contributed by atoms with Crippen LogP contribution in [-0.2, 0) is 22.7 Å². The lowest BCUT2D eigenvalue weighted by molar-refractivity contribution is -0.685. The maximum atomic E-state index is 14.1. The van der Waals surface area contributed by atoms with Gasteiger partial charge in [0.15, 0.2) is 24.7 Å². The molecule has 266 valence electrons. The Kier molecular flexibility index (Phi) is 7.27. The molecule has 0 aliphatic heterocycles. The third kappa shape index (κ3) is 4.43. The largest absolute Gasteiger partial charge is 0.510 e. The number of ketones is 2. The monoisotopic (exact) mass is 714 g/mol. The van der Waals surface area contributed by atoms with E-state index in [9.17, 15) is 19.8 Å². The minimum atomic E-state index is -0.880. The minimum Gasteiger partial charge on any atom is -0.510 e. The summed E-state index contributed by atoms with van der Waals surface area (Å²) in [4.78, 5) is 28.2. The van der Waals surface area contributed by atoms with E-state index in [0.29, 0.717) is 58.3 Å². The zero-order valence-corrected chi connectivity index (χ0v) is 30.1. The van der Waals surface area contributed by atoms with Crippen molar-refractivity contribution in [3.63, 3.8) is 0 Å². The van der Waals surface area contributed by atoms with Crippen LogP contribution in [0.25, 0.3) is 65.7 Å². The molecule has 0 bridgehead atoms. The third-order valence-corrected chi connectivity index (χ3v) is 11.5. The van der Waals surface area contributed by atoms with Gasteiger partial charge in [-0.05, 0) is 55.6 Å². The molecule has 2 heterocycles. The van der Waals surface area contributed by atoms with Gasteiger partial charge in [0.25, 0.3) is 11.0 Å². The van der Waals surface area contributed by atoms with E-state index < -0.39 is 11.8 Å². The van der Waals surface area contributed by atoms with E-state index in [1.807, 2.05) is 106 Å². The Hall–Kier alpha value is -6.28. The lowest BCUT2D eigenvalue weighted by Gasteiger charge is -2.27. The van der Waals surface area contributed by atoms with Gasteiger partial charge in [-0.3, -0.25) is 9.59 Å². The van der Waals surface area contributed by atoms with Crippen molar-refractivity contribution in [1.29, 1.82) is 0 Å². The average molecular weight is 715 g/mol. The molecule has 0 saturated heterocycles. The molecule has 2 aliphatic carbocycles. The Morgan fingerprint density at radius 3 is 1.37 bits per heavy atom. The van der Waals surface area contributed by atoms with Crippen LogP contribution in [0.3, 0.4) is 0 Å². The second-order valence-electron chi connectivity index (χ2n) is 14.6. The van der Waals surface area contributed by atoms with Crippen molar-refractivity contribution < 1.29 is 37.8 Å². The Morgan fingerprint density at radius 2 is 0.963 bits per heavy atom. The number of hydrogen-bond acceptors (Lipinski definition) is 6. The summed E-state index contributed by atoms with van der Waals surface area (Å²) in [6, 6.07) is 31.2. The summed E-state index contributed by atoms with van der Waals surface area (Å²) in [7, 11) is 0. The smallest absolute Gasteiger partial charge is 0.367 e. The number of aliphatic hydroxyl groups is 2. The second-order valence-corrected chi connectivity index (χ2v) is 14.6. The van der Waals surface area contributed by atoms with E-state index >= 15 is 0 Å². The Balaban J connectivity index is 1.09. The first-order valence-electron chi connectivity index (χ1n) is 18.9. The minimum absolute atomic E-state index is 0.00275. The molecular weight excluding hydrogens is 677 g/mol. The molecule has 2 aromatic heterocycles. The quantitative estimate of drug-likeness (QED) is 0.108. The van der Waals surface area contributed by atoms with Gasteiger partial charge in [-0.1, -0.05) is 99.5 Å². The molecule has 0 radical (unpaired) electrons. The Morgan fingerprint density at radius 1 is 0.556 bits per heavy atom. The highest BCUT2D eigenvalue weighted by Gasteiger charge is 2.51. The number of hydrogen-bond donors (Lipinski definition) is 2. The van der Waals surface area contributed by atoms with Crippen LogP contribution >= 0.6 is 0 Å². The molecule has 2 aliphatic rings. The summed E-state index contributed by atoms with van der Waals surface area (Å²) in [6.45, 7) is 5.61. The molecule has 8 heteroatoms. The second kappa shape index (κ2) is 12.1. The number of allylic oxidation sites excluding steroid dienone is 4. The molecule has 2 atom stereocenters. The van der Waals surface area contributed by atoms with Gasteiger partial charge in [-0.25, -0.2) is 0 Å². The van der Waals surface area contributed by atoms with E-state index in [2.05, 4.69) is 13.8 Å². The molecule has 0 amide bonds. The van der Waals surface area contributed by atoms with Crippen molar-refractivity contribution in [1.82, 2.24) is 0 Å². The maximum absolute atomic E-state index is 14.1. The predicted octanol–water partition coefficient (Wildman–Crippen LogP) is 9.52. The highest BCUT2D eigenvalue weighted by atomic mass is 16.4. The summed E-state index contributed by atoms with van der Waals surface area (Å²) in [5.74, 6) is -1.22. The predicted molar refractivity (Wildman–Crippen MR) is 207 cm³/mol. The van der Waals surface area contributed by atoms with Gasteiger partial charge in [-0.15, -0.1) is 0 Å². The molecule has 2 N–H and O–H groups in total. The fraction of sp³-hybridized carbons (Fsp3) is 0.217. The number of benzene rings is 6. The van der Waals surface area contributed by atoms with Crippen LogP contribution in [0.15, 0.2) is 117 Å². The molecule has 6 aromatic carbocycles. The Bertz CT molecular complexity index is 2740. The van der Waals surface area contributed by atoms with Crippen LogP contribution < -0.4 is 9.13 Å². The molecule has 10 rings (SSSR count). The number of carbonyl (C=O) groups is 2. The maximum Gasteiger partial charge on any atom is 0.367 e. The number of para-hydroxylation sites is 4. The first kappa shape index (κ1) is 32.4. The molecule has 0 spiro atoms. The van der Waals surface area contributed by atoms with Crippen LogP contribution in [0.4, 0.5) is 0 Å². The third-order valence-electron chi connectivity index (χ3n) is 11.5. The molecule has 0 saturated carbocycles. The normalized spacial score (nSPS) is 17.6.